The average Bonchev–Trinajstić information content (AvgIpc) is 2.87. The first-order valence-corrected chi connectivity index (χ1v) is 6.45. The van der Waals surface area contributed by atoms with Gasteiger partial charge in [-0.2, -0.15) is 0 Å². The van der Waals surface area contributed by atoms with Crippen LogP contribution in [0.3, 0.4) is 0 Å². The summed E-state index contributed by atoms with van der Waals surface area (Å²) in [4.78, 5) is 25.3. The van der Waals surface area contributed by atoms with Gasteiger partial charge in [-0.3, -0.25) is 14.9 Å². The van der Waals surface area contributed by atoms with Crippen molar-refractivity contribution in [3.05, 3.63) is 33.7 Å². The molecule has 0 radical (unpaired) electrons. The molecule has 2 heterocycles. The molecule has 1 aromatic rings. The summed E-state index contributed by atoms with van der Waals surface area (Å²) in [7, 11) is 0. The molecule has 2 rings (SSSR count). The third kappa shape index (κ3) is 2.59. The molecule has 0 aliphatic carbocycles. The number of aliphatic imine (C=N–C) groups is 1. The van der Waals surface area contributed by atoms with Crippen LogP contribution in [0.1, 0.15) is 5.76 Å². The van der Waals surface area contributed by atoms with Crippen molar-refractivity contribution in [3.63, 3.8) is 0 Å². The van der Waals surface area contributed by atoms with Gasteiger partial charge in [0, 0.05) is 6.08 Å². The van der Waals surface area contributed by atoms with Gasteiger partial charge >= 0.3 is 5.88 Å². The number of furan rings is 1. The Balaban J connectivity index is 2.27. The van der Waals surface area contributed by atoms with E-state index in [2.05, 4.69) is 4.99 Å². The Bertz CT molecular complexity index is 547. The molecule has 1 aliphatic heterocycles. The van der Waals surface area contributed by atoms with Gasteiger partial charge in [-0.15, -0.1) is 11.8 Å². The molecule has 8 heteroatoms. The SMILES string of the molecule is CSC1=N/C(=C/c2ccc([N+](=O)[O-])o2)C(=O)S1. The molecule has 0 N–H and O–H groups in total. The lowest BCUT2D eigenvalue weighted by Gasteiger charge is -1.87. The van der Waals surface area contributed by atoms with E-state index in [1.165, 1.54) is 30.0 Å². The minimum Gasteiger partial charge on any atom is -0.401 e. The Kier molecular flexibility index (Phi) is 3.34. The first-order valence-electron chi connectivity index (χ1n) is 4.41. The van der Waals surface area contributed by atoms with Gasteiger partial charge in [-0.1, -0.05) is 0 Å². The first-order chi connectivity index (χ1) is 8.10. The number of carbonyl (C=O) groups excluding carboxylic acids is 1. The van der Waals surface area contributed by atoms with E-state index >= 15 is 0 Å². The molecule has 0 spiro atoms. The molecule has 0 saturated carbocycles. The highest BCUT2D eigenvalue weighted by molar-refractivity contribution is 8.45. The number of thioether (sulfide) groups is 2. The van der Waals surface area contributed by atoms with Gasteiger partial charge in [-0.25, -0.2) is 4.99 Å². The van der Waals surface area contributed by atoms with E-state index in [1.54, 1.807) is 0 Å². The van der Waals surface area contributed by atoms with Crippen LogP contribution in [0.2, 0.25) is 0 Å². The predicted molar refractivity (Wildman–Crippen MR) is 66.9 cm³/mol. The summed E-state index contributed by atoms with van der Waals surface area (Å²) < 4.78 is 5.57. The number of carbonyl (C=O) groups is 1. The molecule has 17 heavy (non-hydrogen) atoms. The summed E-state index contributed by atoms with van der Waals surface area (Å²) in [5, 5.41) is 10.2. The summed E-state index contributed by atoms with van der Waals surface area (Å²) in [6.45, 7) is 0. The fourth-order valence-electron chi connectivity index (χ4n) is 1.13. The molecule has 6 nitrogen and oxygen atoms in total. The van der Waals surface area contributed by atoms with E-state index in [0.717, 1.165) is 11.8 Å². The molecule has 0 fully saturated rings. The van der Waals surface area contributed by atoms with Crippen LogP contribution in [0.4, 0.5) is 5.88 Å². The maximum Gasteiger partial charge on any atom is 0.433 e. The Hall–Kier alpha value is -1.54. The van der Waals surface area contributed by atoms with Crippen LogP contribution < -0.4 is 0 Å². The topological polar surface area (TPSA) is 85.7 Å². The number of nitro groups is 1. The van der Waals surface area contributed by atoms with Crippen molar-refractivity contribution in [1.82, 2.24) is 0 Å². The Labute approximate surface area is 104 Å². The van der Waals surface area contributed by atoms with E-state index in [4.69, 9.17) is 4.42 Å². The number of nitrogens with zero attached hydrogens (tertiary/aromatic N) is 2. The van der Waals surface area contributed by atoms with E-state index < -0.39 is 4.92 Å². The molecule has 1 aliphatic rings. The normalized spacial score (nSPS) is 17.6. The quantitative estimate of drug-likeness (QED) is 0.466. The molecule has 0 saturated heterocycles. The second-order valence-corrected chi connectivity index (χ2v) is 4.95. The van der Waals surface area contributed by atoms with Gasteiger partial charge in [0.25, 0.3) is 0 Å². The van der Waals surface area contributed by atoms with Gasteiger partial charge in [0.05, 0.1) is 6.07 Å². The largest absolute Gasteiger partial charge is 0.433 e. The summed E-state index contributed by atoms with van der Waals surface area (Å²) in [5.74, 6) is -0.115. The first kappa shape index (κ1) is 11.9. The molecular weight excluding hydrogens is 264 g/mol. The molecule has 1 aromatic heterocycles. The lowest BCUT2D eigenvalue weighted by atomic mass is 10.3. The van der Waals surface area contributed by atoms with Crippen molar-refractivity contribution in [2.45, 2.75) is 0 Å². The summed E-state index contributed by atoms with van der Waals surface area (Å²) in [6, 6.07) is 2.66. The molecule has 0 aromatic carbocycles. The van der Waals surface area contributed by atoms with Gasteiger partial charge in [-0.05, 0) is 24.1 Å². The van der Waals surface area contributed by atoms with Crippen LogP contribution in [0.5, 0.6) is 0 Å². The molecule has 0 atom stereocenters. The molecule has 88 valence electrons. The van der Waals surface area contributed by atoms with E-state index in [0.29, 0.717) is 4.38 Å². The average molecular weight is 270 g/mol. The molecule has 0 bridgehead atoms. The molecule has 0 unspecified atom stereocenters. The van der Waals surface area contributed by atoms with Gasteiger partial charge in [0.15, 0.2) is 0 Å². The highest BCUT2D eigenvalue weighted by Gasteiger charge is 2.22. The van der Waals surface area contributed by atoms with Gasteiger partial charge < -0.3 is 4.42 Å². The predicted octanol–water partition coefficient (Wildman–Crippen LogP) is 2.52. The van der Waals surface area contributed by atoms with Crippen molar-refractivity contribution in [1.29, 1.82) is 0 Å². The zero-order chi connectivity index (χ0) is 12.4. The third-order valence-electron chi connectivity index (χ3n) is 1.85. The third-order valence-corrected chi connectivity index (χ3v) is 3.70. The standard InChI is InChI=1S/C9H6N2O4S2/c1-16-9-10-6(8(12)17-9)4-5-2-3-7(15-5)11(13)14/h2-4H,1H3/b6-4+. The van der Waals surface area contributed by atoms with Crippen molar-refractivity contribution in [3.8, 4) is 0 Å². The van der Waals surface area contributed by atoms with Crippen LogP contribution in [-0.2, 0) is 4.79 Å². The Morgan fingerprint density at radius 1 is 1.59 bits per heavy atom. The second kappa shape index (κ2) is 4.76. The zero-order valence-electron chi connectivity index (χ0n) is 8.58. The number of hydrogen-bond acceptors (Lipinski definition) is 7. The lowest BCUT2D eigenvalue weighted by molar-refractivity contribution is -0.402. The second-order valence-electron chi connectivity index (χ2n) is 2.93. The highest BCUT2D eigenvalue weighted by atomic mass is 32.2. The van der Waals surface area contributed by atoms with E-state index in [-0.39, 0.29) is 22.5 Å². The fraction of sp³-hybridized carbons (Fsp3) is 0.111. The molecule has 0 amide bonds. The lowest BCUT2D eigenvalue weighted by Crippen LogP contribution is -1.87. The van der Waals surface area contributed by atoms with Crippen LogP contribution in [-0.4, -0.2) is 20.7 Å². The zero-order valence-corrected chi connectivity index (χ0v) is 10.2. The fourth-order valence-corrected chi connectivity index (χ4v) is 2.39. The maximum absolute atomic E-state index is 11.5. The van der Waals surface area contributed by atoms with Crippen molar-refractivity contribution < 1.29 is 14.1 Å². The number of rotatable bonds is 2. The minimum atomic E-state index is -0.635. The minimum absolute atomic E-state index is 0.187. The Morgan fingerprint density at radius 2 is 2.35 bits per heavy atom. The molecular formula is C9H6N2O4S2. The van der Waals surface area contributed by atoms with Crippen molar-refractivity contribution in [2.24, 2.45) is 4.99 Å². The van der Waals surface area contributed by atoms with Crippen molar-refractivity contribution >= 4 is 45.0 Å². The van der Waals surface area contributed by atoms with Crippen LogP contribution >= 0.6 is 23.5 Å². The van der Waals surface area contributed by atoms with Gasteiger partial charge in [0.1, 0.15) is 20.8 Å². The highest BCUT2D eigenvalue weighted by Crippen LogP contribution is 2.30. The van der Waals surface area contributed by atoms with E-state index in [9.17, 15) is 14.9 Å². The Morgan fingerprint density at radius 3 is 2.88 bits per heavy atom. The summed E-state index contributed by atoms with van der Waals surface area (Å²) in [6.07, 6.45) is 3.21. The summed E-state index contributed by atoms with van der Waals surface area (Å²) in [5.41, 5.74) is 0.239. The monoisotopic (exact) mass is 270 g/mol. The van der Waals surface area contributed by atoms with Crippen molar-refractivity contribution in [2.75, 3.05) is 6.26 Å². The van der Waals surface area contributed by atoms with E-state index in [1.807, 2.05) is 6.26 Å². The van der Waals surface area contributed by atoms with Crippen LogP contribution in [0, 0.1) is 10.1 Å². The number of hydrogen-bond donors (Lipinski definition) is 0. The van der Waals surface area contributed by atoms with Crippen LogP contribution in [0.15, 0.2) is 27.2 Å². The van der Waals surface area contributed by atoms with Gasteiger partial charge in [0.2, 0.25) is 5.12 Å². The smallest absolute Gasteiger partial charge is 0.401 e. The summed E-state index contributed by atoms with van der Waals surface area (Å²) >= 11 is 2.41. The maximum atomic E-state index is 11.5. The van der Waals surface area contributed by atoms with Crippen LogP contribution in [0.25, 0.3) is 6.08 Å².